The molecule has 0 fully saturated rings. The number of benzene rings is 1. The van der Waals surface area contributed by atoms with Crippen LogP contribution in [0.3, 0.4) is 0 Å². The highest BCUT2D eigenvalue weighted by Gasteiger charge is 2.30. The first-order chi connectivity index (χ1) is 13.4. The second kappa shape index (κ2) is 6.91. The number of pyridine rings is 2. The summed E-state index contributed by atoms with van der Waals surface area (Å²) in [6, 6.07) is 9.73. The van der Waals surface area contributed by atoms with Crippen molar-refractivity contribution in [1.82, 2.24) is 9.55 Å². The van der Waals surface area contributed by atoms with Crippen LogP contribution in [0.25, 0.3) is 11.0 Å². The minimum Gasteiger partial charge on any atom is -0.506 e. The van der Waals surface area contributed by atoms with Crippen molar-refractivity contribution in [2.45, 2.75) is 17.9 Å². The van der Waals surface area contributed by atoms with E-state index in [1.807, 2.05) is 0 Å². The minimum atomic E-state index is -3.55. The number of hydrogen-bond acceptors (Lipinski definition) is 8. The van der Waals surface area contributed by atoms with E-state index in [0.717, 1.165) is 0 Å². The fourth-order valence-corrected chi connectivity index (χ4v) is 4.32. The van der Waals surface area contributed by atoms with Crippen LogP contribution in [-0.4, -0.2) is 41.3 Å². The summed E-state index contributed by atoms with van der Waals surface area (Å²) in [5.41, 5.74) is -0.129. The van der Waals surface area contributed by atoms with Crippen molar-refractivity contribution in [1.29, 1.82) is 0 Å². The van der Waals surface area contributed by atoms with Crippen molar-refractivity contribution in [2.75, 3.05) is 11.9 Å². The number of aromatic hydroxyl groups is 1. The fourth-order valence-electron chi connectivity index (χ4n) is 3.16. The van der Waals surface area contributed by atoms with E-state index in [2.05, 4.69) is 14.7 Å². The molecule has 0 unspecified atom stereocenters. The lowest BCUT2D eigenvalue weighted by Gasteiger charge is -2.34. The van der Waals surface area contributed by atoms with Crippen LogP contribution in [-0.2, 0) is 6.54 Å². The normalized spacial score (nSPS) is 16.2. The molecular weight excluding hydrogens is 384 g/mol. The zero-order valence-electron chi connectivity index (χ0n) is 14.6. The molecule has 1 aliphatic rings. The van der Waals surface area contributed by atoms with E-state index in [4.69, 9.17) is 5.11 Å². The molecule has 10 heteroatoms. The molecule has 5 N–H and O–H groups in total. The van der Waals surface area contributed by atoms with Crippen molar-refractivity contribution < 1.29 is 19.3 Å². The summed E-state index contributed by atoms with van der Waals surface area (Å²) < 4.78 is 26.1. The number of rotatable bonds is 4. The Labute approximate surface area is 161 Å². The standard InChI is InChI=1S/C18H18N4O5S/c23-10-4-9-22-17-11(5-3-8-19-17)15(24)14(18(22)25)16-20-12-6-1-2-7-13(12)28(26,27)21-16/h1-3,5-8,23-24,26-27H,4,9-10H2,(H,20,21). The Morgan fingerprint density at radius 2 is 1.93 bits per heavy atom. The van der Waals surface area contributed by atoms with Gasteiger partial charge in [0.2, 0.25) is 0 Å². The lowest BCUT2D eigenvalue weighted by atomic mass is 10.1. The number of hydrogen-bond donors (Lipinski definition) is 5. The molecule has 0 saturated carbocycles. The van der Waals surface area contributed by atoms with Crippen LogP contribution in [0.4, 0.5) is 5.69 Å². The smallest absolute Gasteiger partial charge is 0.267 e. The van der Waals surface area contributed by atoms with Gasteiger partial charge in [-0.15, -0.1) is 4.40 Å². The van der Waals surface area contributed by atoms with E-state index >= 15 is 0 Å². The van der Waals surface area contributed by atoms with Gasteiger partial charge in [-0.05, 0) is 30.7 Å². The van der Waals surface area contributed by atoms with Crippen LogP contribution >= 0.6 is 10.8 Å². The predicted molar refractivity (Wildman–Crippen MR) is 107 cm³/mol. The summed E-state index contributed by atoms with van der Waals surface area (Å²) in [6.45, 7) is 0.0559. The highest BCUT2D eigenvalue weighted by atomic mass is 32.3. The quantitative estimate of drug-likeness (QED) is 0.451. The topological polar surface area (TPSA) is 140 Å². The summed E-state index contributed by atoms with van der Waals surface area (Å²) in [5, 5.41) is 23.2. The van der Waals surface area contributed by atoms with E-state index in [0.29, 0.717) is 17.5 Å². The predicted octanol–water partition coefficient (Wildman–Crippen LogP) is 2.38. The average molecular weight is 402 g/mol. The Bertz CT molecular complexity index is 1160. The maximum atomic E-state index is 13.1. The molecule has 0 radical (unpaired) electrons. The summed E-state index contributed by atoms with van der Waals surface area (Å²) in [6.07, 6.45) is 1.81. The number of para-hydroxylation sites is 1. The van der Waals surface area contributed by atoms with Gasteiger partial charge >= 0.3 is 0 Å². The van der Waals surface area contributed by atoms with Crippen molar-refractivity contribution in [3.8, 4) is 5.75 Å². The van der Waals surface area contributed by atoms with Crippen LogP contribution in [0.2, 0.25) is 0 Å². The third kappa shape index (κ3) is 2.92. The molecule has 0 amide bonds. The maximum absolute atomic E-state index is 13.1. The molecule has 9 nitrogen and oxygen atoms in total. The minimum absolute atomic E-state index is 0.121. The first-order valence-corrected chi connectivity index (χ1v) is 10.0. The molecule has 146 valence electrons. The Hall–Kier alpha value is -2.92. The first kappa shape index (κ1) is 18.4. The second-order valence-electron chi connectivity index (χ2n) is 6.21. The Kier molecular flexibility index (Phi) is 4.55. The fraction of sp³-hybridized carbons (Fsp3) is 0.167. The molecule has 4 rings (SSSR count). The van der Waals surface area contributed by atoms with Gasteiger partial charge in [0.25, 0.3) is 5.56 Å². The summed E-state index contributed by atoms with van der Waals surface area (Å²) in [4.78, 5) is 17.5. The molecule has 28 heavy (non-hydrogen) atoms. The lowest BCUT2D eigenvalue weighted by Crippen LogP contribution is -2.32. The van der Waals surface area contributed by atoms with E-state index in [1.54, 1.807) is 30.3 Å². The summed E-state index contributed by atoms with van der Waals surface area (Å²) >= 11 is 0. The number of aliphatic hydroxyl groups is 1. The van der Waals surface area contributed by atoms with Crippen LogP contribution < -0.4 is 10.9 Å². The Balaban J connectivity index is 1.97. The Morgan fingerprint density at radius 1 is 1.14 bits per heavy atom. The van der Waals surface area contributed by atoms with Gasteiger partial charge in [-0.2, -0.15) is 0 Å². The summed E-state index contributed by atoms with van der Waals surface area (Å²) in [7, 11) is -3.55. The lowest BCUT2D eigenvalue weighted by molar-refractivity contribution is 0.279. The number of aromatic nitrogens is 2. The van der Waals surface area contributed by atoms with Gasteiger partial charge in [-0.25, -0.2) is 4.98 Å². The van der Waals surface area contributed by atoms with Crippen LogP contribution in [0.1, 0.15) is 12.0 Å². The van der Waals surface area contributed by atoms with Crippen LogP contribution in [0.5, 0.6) is 5.75 Å². The van der Waals surface area contributed by atoms with Crippen molar-refractivity contribution in [3.63, 3.8) is 0 Å². The van der Waals surface area contributed by atoms with Gasteiger partial charge in [0.15, 0.2) is 5.84 Å². The number of nitrogens with zero attached hydrogens (tertiary/aromatic N) is 3. The Morgan fingerprint density at radius 3 is 2.71 bits per heavy atom. The molecule has 0 spiro atoms. The average Bonchev–Trinajstić information content (AvgIpc) is 2.68. The van der Waals surface area contributed by atoms with Gasteiger partial charge in [-0.1, -0.05) is 22.9 Å². The molecule has 3 aromatic rings. The maximum Gasteiger partial charge on any atom is 0.267 e. The molecular formula is C18H18N4O5S. The molecule has 0 bridgehead atoms. The van der Waals surface area contributed by atoms with Gasteiger partial charge in [0.1, 0.15) is 21.9 Å². The number of aliphatic hydroxyl groups excluding tert-OH is 1. The number of aryl methyl sites for hydroxylation is 1. The van der Waals surface area contributed by atoms with E-state index < -0.39 is 16.3 Å². The highest BCUT2D eigenvalue weighted by Crippen LogP contribution is 2.55. The zero-order valence-corrected chi connectivity index (χ0v) is 15.4. The van der Waals surface area contributed by atoms with Crippen LogP contribution in [0.15, 0.2) is 56.7 Å². The summed E-state index contributed by atoms with van der Waals surface area (Å²) in [5.74, 6) is -0.487. The number of nitrogens with one attached hydrogen (secondary N) is 1. The molecule has 1 aliphatic heterocycles. The van der Waals surface area contributed by atoms with Gasteiger partial charge in [0.05, 0.1) is 11.1 Å². The molecule has 2 aromatic heterocycles. The molecule has 0 aliphatic carbocycles. The van der Waals surface area contributed by atoms with Crippen molar-refractivity contribution in [3.05, 3.63) is 58.5 Å². The van der Waals surface area contributed by atoms with E-state index in [9.17, 15) is 19.0 Å². The van der Waals surface area contributed by atoms with Crippen molar-refractivity contribution >= 4 is 33.3 Å². The highest BCUT2D eigenvalue weighted by molar-refractivity contribution is 8.23. The molecule has 0 saturated heterocycles. The molecule has 0 atom stereocenters. The monoisotopic (exact) mass is 402 g/mol. The SMILES string of the molecule is O=c1c(C2=NS(O)(O)c3ccccc3N2)c(O)c2cccnc2n1CCCO. The molecule has 3 heterocycles. The molecule has 1 aromatic carbocycles. The largest absolute Gasteiger partial charge is 0.506 e. The van der Waals surface area contributed by atoms with Crippen molar-refractivity contribution in [2.24, 2.45) is 4.40 Å². The third-order valence-corrected chi connectivity index (χ3v) is 5.81. The number of amidine groups is 1. The van der Waals surface area contributed by atoms with Gasteiger partial charge < -0.3 is 15.5 Å². The van der Waals surface area contributed by atoms with E-state index in [1.165, 1.54) is 16.8 Å². The second-order valence-corrected chi connectivity index (χ2v) is 7.87. The third-order valence-electron chi connectivity index (χ3n) is 4.42. The number of fused-ring (bicyclic) bond motifs is 2. The van der Waals surface area contributed by atoms with Gasteiger partial charge in [0, 0.05) is 19.3 Å². The number of anilines is 1. The van der Waals surface area contributed by atoms with Crippen LogP contribution in [0, 0.1) is 0 Å². The van der Waals surface area contributed by atoms with Gasteiger partial charge in [-0.3, -0.25) is 18.5 Å². The van der Waals surface area contributed by atoms with E-state index in [-0.39, 0.29) is 40.8 Å². The first-order valence-electron chi connectivity index (χ1n) is 8.50. The zero-order chi connectivity index (χ0) is 19.9.